The molecule has 3 nitrogen and oxygen atoms in total. The molecule has 2 aliphatic rings. The van der Waals surface area contributed by atoms with E-state index < -0.39 is 0 Å². The molecule has 0 amide bonds. The van der Waals surface area contributed by atoms with Crippen LogP contribution in [0.25, 0.3) is 0 Å². The normalized spacial score (nSPS) is 32.1. The summed E-state index contributed by atoms with van der Waals surface area (Å²) in [6, 6.07) is 0. The molecule has 0 radical (unpaired) electrons. The van der Waals surface area contributed by atoms with Gasteiger partial charge in [-0.25, -0.2) is 0 Å². The van der Waals surface area contributed by atoms with Crippen molar-refractivity contribution in [1.29, 1.82) is 0 Å². The van der Waals surface area contributed by atoms with Gasteiger partial charge in [-0.3, -0.25) is 4.68 Å². The number of rotatable bonds is 3. The highest BCUT2D eigenvalue weighted by atomic mass is 35.5. The van der Waals surface area contributed by atoms with Gasteiger partial charge in [0.25, 0.3) is 0 Å². The van der Waals surface area contributed by atoms with Crippen molar-refractivity contribution in [2.75, 3.05) is 0 Å². The zero-order chi connectivity index (χ0) is 12.9. The minimum atomic E-state index is -0.238. The van der Waals surface area contributed by atoms with E-state index in [1.165, 1.54) is 25.7 Å². The highest BCUT2D eigenvalue weighted by molar-refractivity contribution is 6.30. The summed E-state index contributed by atoms with van der Waals surface area (Å²) in [5.41, 5.74) is 1.97. The van der Waals surface area contributed by atoms with Crippen LogP contribution >= 0.6 is 11.6 Å². The quantitative estimate of drug-likeness (QED) is 0.915. The zero-order valence-corrected chi connectivity index (χ0v) is 11.8. The van der Waals surface area contributed by atoms with E-state index in [-0.39, 0.29) is 6.10 Å². The van der Waals surface area contributed by atoms with E-state index in [2.05, 4.69) is 5.10 Å². The predicted molar refractivity (Wildman–Crippen MR) is 71.6 cm³/mol. The van der Waals surface area contributed by atoms with E-state index in [9.17, 15) is 5.11 Å². The van der Waals surface area contributed by atoms with Crippen molar-refractivity contribution in [2.24, 2.45) is 24.8 Å². The zero-order valence-electron chi connectivity index (χ0n) is 11.1. The molecule has 0 aliphatic heterocycles. The van der Waals surface area contributed by atoms with E-state index in [1.807, 2.05) is 14.0 Å². The molecule has 1 N–H and O–H groups in total. The van der Waals surface area contributed by atoms with Gasteiger partial charge >= 0.3 is 0 Å². The molecule has 2 aliphatic carbocycles. The van der Waals surface area contributed by atoms with E-state index in [0.717, 1.165) is 23.1 Å². The highest BCUT2D eigenvalue weighted by Crippen LogP contribution is 2.57. The first kappa shape index (κ1) is 12.5. The number of halogens is 1. The lowest BCUT2D eigenvalue weighted by Gasteiger charge is -2.10. The molecule has 18 heavy (non-hydrogen) atoms. The van der Waals surface area contributed by atoms with Gasteiger partial charge in [0.05, 0.1) is 11.8 Å². The molecule has 3 rings (SSSR count). The average molecular weight is 269 g/mol. The van der Waals surface area contributed by atoms with E-state index in [4.69, 9.17) is 11.6 Å². The van der Waals surface area contributed by atoms with Crippen molar-refractivity contribution < 1.29 is 5.11 Å². The number of aliphatic hydroxyl groups excluding tert-OH is 1. The molecule has 0 bridgehead atoms. The van der Waals surface area contributed by atoms with Gasteiger partial charge in [0.1, 0.15) is 5.15 Å². The largest absolute Gasteiger partial charge is 0.392 e. The van der Waals surface area contributed by atoms with E-state index in [1.54, 1.807) is 4.68 Å². The Hall–Kier alpha value is -0.540. The molecule has 1 aromatic rings. The Morgan fingerprint density at radius 1 is 1.39 bits per heavy atom. The van der Waals surface area contributed by atoms with Gasteiger partial charge in [0, 0.05) is 19.0 Å². The first-order valence-electron chi connectivity index (χ1n) is 6.95. The van der Waals surface area contributed by atoms with Gasteiger partial charge < -0.3 is 5.11 Å². The summed E-state index contributed by atoms with van der Waals surface area (Å²) in [5, 5.41) is 15.4. The summed E-state index contributed by atoms with van der Waals surface area (Å²) in [5.74, 6) is 2.08. The number of aliphatic hydroxyl groups is 1. The molecule has 1 aromatic heterocycles. The maximum absolute atomic E-state index is 10.4. The monoisotopic (exact) mass is 268 g/mol. The Morgan fingerprint density at radius 3 is 2.50 bits per heavy atom. The lowest BCUT2D eigenvalue weighted by molar-refractivity contribution is 0.140. The van der Waals surface area contributed by atoms with Crippen LogP contribution in [-0.2, 0) is 13.5 Å². The molecule has 100 valence electrons. The molecule has 3 unspecified atom stereocenters. The van der Waals surface area contributed by atoms with Crippen LogP contribution < -0.4 is 0 Å². The average Bonchev–Trinajstić information content (AvgIpc) is 3.03. The number of fused-ring (bicyclic) bond motifs is 1. The summed E-state index contributed by atoms with van der Waals surface area (Å²) in [6.07, 6.45) is 5.74. The van der Waals surface area contributed by atoms with Gasteiger partial charge in [0.15, 0.2) is 0 Å². The van der Waals surface area contributed by atoms with Crippen molar-refractivity contribution in [3.05, 3.63) is 16.4 Å². The molecular formula is C14H21ClN2O. The first-order chi connectivity index (χ1) is 8.59. The fourth-order valence-corrected chi connectivity index (χ4v) is 4.12. The number of aromatic nitrogens is 2. The minimum absolute atomic E-state index is 0.238. The van der Waals surface area contributed by atoms with Gasteiger partial charge in [-0.15, -0.1) is 0 Å². The van der Waals surface area contributed by atoms with Gasteiger partial charge in [-0.1, -0.05) is 24.4 Å². The van der Waals surface area contributed by atoms with Crippen LogP contribution in [0.2, 0.25) is 5.15 Å². The molecule has 0 spiro atoms. The second-order valence-electron chi connectivity index (χ2n) is 5.94. The smallest absolute Gasteiger partial charge is 0.130 e. The third kappa shape index (κ3) is 1.97. The lowest BCUT2D eigenvalue weighted by atomic mass is 10.0. The van der Waals surface area contributed by atoms with Gasteiger partial charge in [-0.2, -0.15) is 5.10 Å². The molecule has 3 atom stereocenters. The third-order valence-electron chi connectivity index (χ3n) is 4.85. The Balaban J connectivity index is 1.69. The summed E-state index contributed by atoms with van der Waals surface area (Å²) in [4.78, 5) is 0. The molecule has 2 fully saturated rings. The Kier molecular flexibility index (Phi) is 3.15. The van der Waals surface area contributed by atoms with Crippen LogP contribution in [0.1, 0.15) is 36.9 Å². The summed E-state index contributed by atoms with van der Waals surface area (Å²) < 4.78 is 1.69. The molecule has 0 saturated heterocycles. The van der Waals surface area contributed by atoms with E-state index in [0.29, 0.717) is 17.5 Å². The van der Waals surface area contributed by atoms with Crippen molar-refractivity contribution in [3.8, 4) is 0 Å². The lowest BCUT2D eigenvalue weighted by Crippen LogP contribution is -2.15. The van der Waals surface area contributed by atoms with E-state index >= 15 is 0 Å². The molecule has 1 heterocycles. The van der Waals surface area contributed by atoms with Crippen molar-refractivity contribution in [1.82, 2.24) is 9.78 Å². The first-order valence-corrected chi connectivity index (χ1v) is 7.33. The third-order valence-corrected chi connectivity index (χ3v) is 5.32. The van der Waals surface area contributed by atoms with Crippen molar-refractivity contribution in [3.63, 3.8) is 0 Å². The fraction of sp³-hybridized carbons (Fsp3) is 0.786. The number of nitrogens with zero attached hydrogens (tertiary/aromatic N) is 2. The van der Waals surface area contributed by atoms with Crippen LogP contribution in [0.3, 0.4) is 0 Å². The van der Waals surface area contributed by atoms with Crippen molar-refractivity contribution >= 4 is 11.6 Å². The maximum Gasteiger partial charge on any atom is 0.130 e. The molecule has 2 saturated carbocycles. The molecule has 4 heteroatoms. The maximum atomic E-state index is 10.4. The molecule has 0 aromatic carbocycles. The van der Waals surface area contributed by atoms with Crippen molar-refractivity contribution in [2.45, 2.75) is 45.1 Å². The topological polar surface area (TPSA) is 38.0 Å². The van der Waals surface area contributed by atoms with Crippen LogP contribution in [0.5, 0.6) is 0 Å². The Labute approximate surface area is 113 Å². The second kappa shape index (κ2) is 4.53. The Bertz CT molecular complexity index is 445. The van der Waals surface area contributed by atoms with Gasteiger partial charge in [-0.05, 0) is 37.5 Å². The van der Waals surface area contributed by atoms with Crippen LogP contribution in [0.4, 0.5) is 0 Å². The number of aryl methyl sites for hydroxylation is 2. The summed E-state index contributed by atoms with van der Waals surface area (Å²) >= 11 is 6.23. The fourth-order valence-electron chi connectivity index (χ4n) is 3.87. The second-order valence-corrected chi connectivity index (χ2v) is 6.30. The van der Waals surface area contributed by atoms with Crippen LogP contribution in [0, 0.1) is 24.7 Å². The standard InChI is InChI=1S/C14H21ClN2O/c1-8-11(14(15)17(2)16-8)7-12(18)13-9-5-3-4-6-10(9)13/h9-10,12-13,18H,3-7H2,1-2H3. The van der Waals surface area contributed by atoms with Crippen LogP contribution in [-0.4, -0.2) is 21.0 Å². The number of hydrogen-bond acceptors (Lipinski definition) is 2. The van der Waals surface area contributed by atoms with Gasteiger partial charge in [0.2, 0.25) is 0 Å². The SMILES string of the molecule is Cc1nn(C)c(Cl)c1CC(O)C1C2CCCCC21. The summed E-state index contributed by atoms with van der Waals surface area (Å²) in [7, 11) is 1.85. The predicted octanol–water partition coefficient (Wildman–Crippen LogP) is 2.72. The summed E-state index contributed by atoms with van der Waals surface area (Å²) in [6.45, 7) is 1.97. The molecular weight excluding hydrogens is 248 g/mol. The minimum Gasteiger partial charge on any atom is -0.392 e. The Morgan fingerprint density at radius 2 is 2.00 bits per heavy atom. The van der Waals surface area contributed by atoms with Crippen LogP contribution in [0.15, 0.2) is 0 Å². The number of hydrogen-bond donors (Lipinski definition) is 1. The highest BCUT2D eigenvalue weighted by Gasteiger charge is 2.53.